The Morgan fingerprint density at radius 2 is 2.22 bits per heavy atom. The minimum atomic E-state index is -0.0169. The summed E-state index contributed by atoms with van der Waals surface area (Å²) >= 11 is 0. The SMILES string of the molecule is COc1ccc2c(c1)CCCN2C1=NC(C)=NC2C=CC=NC12. The van der Waals surface area contributed by atoms with Crippen LogP contribution in [0.3, 0.4) is 0 Å². The van der Waals surface area contributed by atoms with Crippen molar-refractivity contribution in [1.82, 2.24) is 0 Å². The predicted molar refractivity (Wildman–Crippen MR) is 94.4 cm³/mol. The molecule has 0 radical (unpaired) electrons. The largest absolute Gasteiger partial charge is 0.497 e. The highest BCUT2D eigenvalue weighted by molar-refractivity contribution is 6.11. The summed E-state index contributed by atoms with van der Waals surface area (Å²) in [6, 6.07) is 6.33. The van der Waals surface area contributed by atoms with Gasteiger partial charge in [0.15, 0.2) is 0 Å². The molecule has 0 amide bonds. The Bertz CT molecular complexity index is 747. The number of allylic oxidation sites excluding steroid dienone is 1. The summed E-state index contributed by atoms with van der Waals surface area (Å²) in [5.74, 6) is 2.74. The van der Waals surface area contributed by atoms with Crippen LogP contribution in [-0.4, -0.2) is 43.6 Å². The Balaban J connectivity index is 1.75. The Morgan fingerprint density at radius 1 is 1.30 bits per heavy atom. The zero-order chi connectivity index (χ0) is 15.8. The number of rotatable bonds is 1. The second kappa shape index (κ2) is 5.65. The fraction of sp³-hybridized carbons (Fsp3) is 0.389. The lowest BCUT2D eigenvalue weighted by Crippen LogP contribution is -2.48. The van der Waals surface area contributed by atoms with Gasteiger partial charge < -0.3 is 9.64 Å². The van der Waals surface area contributed by atoms with Gasteiger partial charge in [0.25, 0.3) is 0 Å². The van der Waals surface area contributed by atoms with Gasteiger partial charge in [0.1, 0.15) is 23.5 Å². The second-order valence-corrected chi connectivity index (χ2v) is 6.01. The molecule has 0 aromatic heterocycles. The van der Waals surface area contributed by atoms with Crippen LogP contribution in [-0.2, 0) is 6.42 Å². The van der Waals surface area contributed by atoms with Crippen LogP contribution in [0.5, 0.6) is 5.75 Å². The zero-order valence-corrected chi connectivity index (χ0v) is 13.4. The molecule has 1 aromatic rings. The van der Waals surface area contributed by atoms with E-state index in [1.807, 2.05) is 25.3 Å². The van der Waals surface area contributed by atoms with Gasteiger partial charge in [-0.15, -0.1) is 0 Å². The third-order valence-electron chi connectivity index (χ3n) is 4.52. The van der Waals surface area contributed by atoms with E-state index < -0.39 is 0 Å². The van der Waals surface area contributed by atoms with Crippen molar-refractivity contribution in [2.75, 3.05) is 18.6 Å². The Morgan fingerprint density at radius 3 is 3.09 bits per heavy atom. The van der Waals surface area contributed by atoms with E-state index in [0.29, 0.717) is 0 Å². The lowest BCUT2D eigenvalue weighted by molar-refractivity contribution is 0.414. The van der Waals surface area contributed by atoms with Crippen molar-refractivity contribution in [3.8, 4) is 5.75 Å². The number of nitrogens with zero attached hydrogens (tertiary/aromatic N) is 4. The van der Waals surface area contributed by atoms with Gasteiger partial charge in [-0.1, -0.05) is 6.08 Å². The number of fused-ring (bicyclic) bond motifs is 2. The number of methoxy groups -OCH3 is 1. The van der Waals surface area contributed by atoms with E-state index in [1.165, 1.54) is 11.3 Å². The molecule has 4 rings (SSSR count). The third-order valence-corrected chi connectivity index (χ3v) is 4.52. The van der Waals surface area contributed by atoms with Gasteiger partial charge in [0.05, 0.1) is 13.2 Å². The van der Waals surface area contributed by atoms with Gasteiger partial charge in [0.2, 0.25) is 0 Å². The number of amidine groups is 2. The normalized spacial score (nSPS) is 25.4. The van der Waals surface area contributed by atoms with Crippen molar-refractivity contribution in [3.05, 3.63) is 35.9 Å². The van der Waals surface area contributed by atoms with Crippen molar-refractivity contribution in [1.29, 1.82) is 0 Å². The summed E-state index contributed by atoms with van der Waals surface area (Å²) < 4.78 is 5.36. The quantitative estimate of drug-likeness (QED) is 0.801. The van der Waals surface area contributed by atoms with Gasteiger partial charge >= 0.3 is 0 Å². The summed E-state index contributed by atoms with van der Waals surface area (Å²) in [5.41, 5.74) is 2.53. The first-order valence-corrected chi connectivity index (χ1v) is 8.03. The van der Waals surface area contributed by atoms with E-state index in [2.05, 4.69) is 33.1 Å². The van der Waals surface area contributed by atoms with Gasteiger partial charge in [-0.05, 0) is 49.6 Å². The maximum Gasteiger partial charge on any atom is 0.138 e. The number of anilines is 1. The number of dihydropyridines is 1. The molecule has 1 aromatic carbocycles. The summed E-state index contributed by atoms with van der Waals surface area (Å²) in [4.78, 5) is 16.3. The summed E-state index contributed by atoms with van der Waals surface area (Å²) in [7, 11) is 1.71. The molecule has 5 heteroatoms. The molecule has 3 heterocycles. The first-order valence-electron chi connectivity index (χ1n) is 8.03. The van der Waals surface area contributed by atoms with Crippen LogP contribution < -0.4 is 9.64 Å². The molecule has 0 fully saturated rings. The maximum absolute atomic E-state index is 5.36. The Kier molecular flexibility index (Phi) is 3.48. The molecule has 5 nitrogen and oxygen atoms in total. The molecular formula is C18H20N4O. The summed E-state index contributed by atoms with van der Waals surface area (Å²) in [6.07, 6.45) is 8.10. The van der Waals surface area contributed by atoms with Crippen LogP contribution in [0.1, 0.15) is 18.9 Å². The molecule has 2 unspecified atom stereocenters. The minimum Gasteiger partial charge on any atom is -0.497 e. The molecule has 118 valence electrons. The van der Waals surface area contributed by atoms with E-state index in [1.54, 1.807) is 7.11 Å². The molecule has 2 atom stereocenters. The lowest BCUT2D eigenvalue weighted by Gasteiger charge is -2.37. The van der Waals surface area contributed by atoms with Gasteiger partial charge in [0, 0.05) is 18.4 Å². The van der Waals surface area contributed by atoms with E-state index in [-0.39, 0.29) is 12.1 Å². The van der Waals surface area contributed by atoms with Crippen molar-refractivity contribution in [2.45, 2.75) is 31.8 Å². The standard InChI is InChI=1S/C18H20N4O/c1-12-20-15-6-3-9-19-17(15)18(21-12)22-10-4-5-13-11-14(23-2)7-8-16(13)22/h3,6-9,11,15,17H,4-5,10H2,1-2H3. The Hall–Kier alpha value is -2.43. The van der Waals surface area contributed by atoms with E-state index in [9.17, 15) is 0 Å². The molecular weight excluding hydrogens is 288 g/mol. The number of ether oxygens (including phenoxy) is 1. The molecule has 0 spiro atoms. The van der Waals surface area contributed by atoms with E-state index >= 15 is 0 Å². The molecule has 0 saturated heterocycles. The van der Waals surface area contributed by atoms with Crippen molar-refractivity contribution >= 4 is 23.6 Å². The number of hydrogen-bond donors (Lipinski definition) is 0. The molecule has 0 N–H and O–H groups in total. The van der Waals surface area contributed by atoms with Crippen LogP contribution in [0.25, 0.3) is 0 Å². The summed E-state index contributed by atoms with van der Waals surface area (Å²) in [6.45, 7) is 2.93. The fourth-order valence-corrected chi connectivity index (χ4v) is 3.47. The second-order valence-electron chi connectivity index (χ2n) is 6.01. The molecule has 3 aliphatic heterocycles. The van der Waals surface area contributed by atoms with Crippen LogP contribution in [0.15, 0.2) is 45.3 Å². The van der Waals surface area contributed by atoms with Crippen LogP contribution in [0, 0.1) is 0 Å². The van der Waals surface area contributed by atoms with E-state index in [0.717, 1.165) is 36.8 Å². The average Bonchev–Trinajstić information content (AvgIpc) is 2.60. The fourth-order valence-electron chi connectivity index (χ4n) is 3.47. The smallest absolute Gasteiger partial charge is 0.138 e. The predicted octanol–water partition coefficient (Wildman–Crippen LogP) is 2.66. The van der Waals surface area contributed by atoms with Crippen LogP contribution in [0.2, 0.25) is 0 Å². The zero-order valence-electron chi connectivity index (χ0n) is 13.4. The van der Waals surface area contributed by atoms with Crippen molar-refractivity contribution in [2.24, 2.45) is 15.0 Å². The average molecular weight is 308 g/mol. The monoisotopic (exact) mass is 308 g/mol. The van der Waals surface area contributed by atoms with Gasteiger partial charge in [-0.3, -0.25) is 9.98 Å². The molecule has 0 bridgehead atoms. The number of aliphatic imine (C=N–C) groups is 3. The number of aryl methyl sites for hydroxylation is 1. The van der Waals surface area contributed by atoms with Gasteiger partial charge in [-0.2, -0.15) is 0 Å². The third kappa shape index (κ3) is 2.46. The van der Waals surface area contributed by atoms with Crippen LogP contribution in [0.4, 0.5) is 5.69 Å². The van der Waals surface area contributed by atoms with Gasteiger partial charge in [-0.25, -0.2) is 4.99 Å². The highest BCUT2D eigenvalue weighted by Gasteiger charge is 2.34. The first kappa shape index (κ1) is 14.2. The Labute approximate surface area is 136 Å². The highest BCUT2D eigenvalue weighted by Crippen LogP contribution is 2.33. The molecule has 0 saturated carbocycles. The minimum absolute atomic E-state index is 0.0169. The van der Waals surface area contributed by atoms with Crippen molar-refractivity contribution in [3.63, 3.8) is 0 Å². The maximum atomic E-state index is 5.36. The number of hydrogen-bond acceptors (Lipinski definition) is 5. The highest BCUT2D eigenvalue weighted by atomic mass is 16.5. The lowest BCUT2D eigenvalue weighted by atomic mass is 9.97. The topological polar surface area (TPSA) is 49.5 Å². The summed E-state index contributed by atoms with van der Waals surface area (Å²) in [5, 5.41) is 0. The van der Waals surface area contributed by atoms with E-state index in [4.69, 9.17) is 9.73 Å². The number of benzene rings is 1. The molecule has 0 aliphatic carbocycles. The van der Waals surface area contributed by atoms with Crippen LogP contribution >= 0.6 is 0 Å². The van der Waals surface area contributed by atoms with Crippen molar-refractivity contribution < 1.29 is 4.74 Å². The molecule has 23 heavy (non-hydrogen) atoms. The first-order chi connectivity index (χ1) is 11.3. The molecule has 3 aliphatic rings.